The second-order valence-electron chi connectivity index (χ2n) is 22.5. The molecule has 1 unspecified atom stereocenters. The molecule has 8 saturated heterocycles. The van der Waals surface area contributed by atoms with Crippen LogP contribution < -0.4 is 0 Å². The van der Waals surface area contributed by atoms with Crippen molar-refractivity contribution in [2.24, 2.45) is 0 Å². The fourth-order valence-electron chi connectivity index (χ4n) is 11.2. The van der Waals surface area contributed by atoms with E-state index in [1.165, 1.54) is 0 Å². The van der Waals surface area contributed by atoms with E-state index in [0.717, 1.165) is 0 Å². The zero-order valence-electron chi connectivity index (χ0n) is 46.5. The number of hydrogen-bond acceptors (Lipinski definition) is 41. The fraction of sp³-hybridized carbons (Fsp3) is 1.00. The SMILES string of the molecule is OC[C@H]1O[C@H](O[C@@H]2[C@H](O)[C@@H](OC[C@H]3OC(O)[C@@H](O)[C@@H](O[C@H]4O[C@H](CO)[C@@H](O)[C@H](O)[C@@H]4O[C@H]4O[C@H](CO)[C@@H](O)[C@H](O)[C@@H]4O[C@H]4O[C@H](CO)[C@@H](O)[C@H](O)[C@@H]4O)[C@@H]3O)O[C@H](CO[C@H]3O[C@H](CO)[C@@H](O)[C@H](O)[C@@H]3O[C@H]3O[C@H](CO)[C@@H](O)[C@H](O)[C@@H]3O)[C@H]2O)[C@@H](O)[C@@H](O)[C@@H]1O. The Bertz CT molecular complexity index is 2130. The third-order valence-electron chi connectivity index (χ3n) is 16.6. The largest absolute Gasteiger partial charge is 0.394 e. The van der Waals surface area contributed by atoms with Gasteiger partial charge in [-0.1, -0.05) is 0 Å². The summed E-state index contributed by atoms with van der Waals surface area (Å²) in [5.41, 5.74) is 0. The average Bonchev–Trinajstić information content (AvgIpc) is 1.03. The molecule has 520 valence electrons. The highest BCUT2D eigenvalue weighted by Gasteiger charge is 2.59. The van der Waals surface area contributed by atoms with Crippen molar-refractivity contribution in [2.75, 3.05) is 52.9 Å². The van der Waals surface area contributed by atoms with E-state index in [2.05, 4.69) is 0 Å². The van der Waals surface area contributed by atoms with Crippen LogP contribution in [0.3, 0.4) is 0 Å². The molecule has 89 heavy (non-hydrogen) atoms. The molecule has 41 heteroatoms. The molecular weight excluding hydrogens is 1230 g/mol. The van der Waals surface area contributed by atoms with Crippen molar-refractivity contribution in [3.05, 3.63) is 0 Å². The average molecular weight is 1320 g/mol. The first-order chi connectivity index (χ1) is 42.2. The van der Waals surface area contributed by atoms with Crippen LogP contribution in [-0.2, 0) is 71.1 Å². The summed E-state index contributed by atoms with van der Waals surface area (Å²) in [5.74, 6) is 0. The van der Waals surface area contributed by atoms with Crippen LogP contribution in [0.25, 0.3) is 0 Å². The third-order valence-corrected chi connectivity index (χ3v) is 16.6. The first kappa shape index (κ1) is 73.2. The lowest BCUT2D eigenvalue weighted by Crippen LogP contribution is -2.68. The van der Waals surface area contributed by atoms with E-state index in [1.54, 1.807) is 0 Å². The highest BCUT2D eigenvalue weighted by Crippen LogP contribution is 2.38. The minimum Gasteiger partial charge on any atom is -0.394 e. The lowest BCUT2D eigenvalue weighted by atomic mass is 9.95. The molecule has 0 radical (unpaired) electrons. The van der Waals surface area contributed by atoms with Gasteiger partial charge in [-0.3, -0.25) is 0 Å². The van der Waals surface area contributed by atoms with Gasteiger partial charge in [0.2, 0.25) is 0 Å². The Balaban J connectivity index is 1.02. The Morgan fingerprint density at radius 1 is 0.191 bits per heavy atom. The zero-order valence-corrected chi connectivity index (χ0v) is 46.5. The van der Waals surface area contributed by atoms with Crippen LogP contribution in [0, 0.1) is 0 Å². The van der Waals surface area contributed by atoms with Gasteiger partial charge in [-0.25, -0.2) is 0 Å². The molecule has 0 aromatic carbocycles. The normalized spacial score (nSPS) is 53.6. The summed E-state index contributed by atoms with van der Waals surface area (Å²) >= 11 is 0. The summed E-state index contributed by atoms with van der Waals surface area (Å²) in [6.45, 7) is -8.05. The summed E-state index contributed by atoms with van der Waals surface area (Å²) in [5, 5.41) is 279. The van der Waals surface area contributed by atoms with Crippen LogP contribution in [0.15, 0.2) is 0 Å². The maximum Gasteiger partial charge on any atom is 0.187 e. The smallest absolute Gasteiger partial charge is 0.187 e. The molecule has 8 fully saturated rings. The minimum atomic E-state index is -2.38. The molecule has 8 aliphatic rings. The first-order valence-corrected chi connectivity index (χ1v) is 28.2. The Kier molecular flexibility index (Phi) is 25.9. The van der Waals surface area contributed by atoms with Crippen LogP contribution in [0.4, 0.5) is 0 Å². The second kappa shape index (κ2) is 31.5. The van der Waals surface area contributed by atoms with E-state index in [0.29, 0.717) is 0 Å². The first-order valence-electron chi connectivity index (χ1n) is 28.2. The van der Waals surface area contributed by atoms with Crippen LogP contribution >= 0.6 is 0 Å². The molecule has 26 N–H and O–H groups in total. The van der Waals surface area contributed by atoms with Crippen molar-refractivity contribution in [3.8, 4) is 0 Å². The number of aliphatic hydroxyl groups is 26. The van der Waals surface area contributed by atoms with Crippen molar-refractivity contribution in [1.82, 2.24) is 0 Å². The monoisotopic (exact) mass is 1310 g/mol. The number of rotatable bonds is 22. The van der Waals surface area contributed by atoms with Crippen molar-refractivity contribution >= 4 is 0 Å². The third kappa shape index (κ3) is 15.3. The van der Waals surface area contributed by atoms with E-state index in [4.69, 9.17) is 71.1 Å². The maximum absolute atomic E-state index is 11.8. The molecule has 0 amide bonds. The zero-order chi connectivity index (χ0) is 65.4. The summed E-state index contributed by atoms with van der Waals surface area (Å²) < 4.78 is 84.9. The van der Waals surface area contributed by atoms with E-state index in [9.17, 15) is 133 Å². The van der Waals surface area contributed by atoms with Gasteiger partial charge in [-0.2, -0.15) is 0 Å². The Morgan fingerprint density at radius 3 is 0.798 bits per heavy atom. The Morgan fingerprint density at radius 2 is 0.438 bits per heavy atom. The van der Waals surface area contributed by atoms with E-state index < -0.39 is 299 Å². The van der Waals surface area contributed by atoms with Crippen molar-refractivity contribution in [3.63, 3.8) is 0 Å². The quantitative estimate of drug-likeness (QED) is 0.0479. The number of aliphatic hydroxyl groups excluding tert-OH is 26. The van der Waals surface area contributed by atoms with Crippen LogP contribution in [0.2, 0.25) is 0 Å². The van der Waals surface area contributed by atoms with Gasteiger partial charge in [0.1, 0.15) is 195 Å². The van der Waals surface area contributed by atoms with Crippen molar-refractivity contribution in [1.29, 1.82) is 0 Å². The van der Waals surface area contributed by atoms with Gasteiger partial charge >= 0.3 is 0 Å². The van der Waals surface area contributed by atoms with Gasteiger partial charge in [0.15, 0.2) is 50.3 Å². The molecular formula is C48H82O41. The molecule has 0 aromatic rings. The number of ether oxygens (including phenoxy) is 15. The lowest BCUT2D eigenvalue weighted by Gasteiger charge is -2.49. The molecule has 8 heterocycles. The highest BCUT2D eigenvalue weighted by atomic mass is 16.8. The van der Waals surface area contributed by atoms with E-state index in [1.807, 2.05) is 0 Å². The topological polar surface area (TPSA) is 664 Å². The Hall–Kier alpha value is -1.64. The predicted molar refractivity (Wildman–Crippen MR) is 264 cm³/mol. The molecule has 0 aliphatic carbocycles. The summed E-state index contributed by atoms with van der Waals surface area (Å²) in [6.07, 6.45) is -81.6. The molecule has 8 rings (SSSR count). The van der Waals surface area contributed by atoms with E-state index in [-0.39, 0.29) is 0 Å². The standard InChI is InChI=1S/C48H82O41/c49-1-9-17(55)25(63)31(69)43(78-9)85-37-24(62)16(8-76-46-38(28(66)20(58)12(4-52)81-46)87-44-32(70)26(64)18(56)10(2-50)79-44)84-42(35(37)73)75-7-15-23(61)36(34(72)41(74)77-15)86-47-40(30(68)22(60)13(5-53)82-47)89-48-39(29(67)21(59)14(6-54)83-48)88-45-33(71)27(65)19(57)11(3-51)80-45/h9-74H,1-8H2/t9-,10-,11-,12-,13-,14-,15-,16-,17-,18-,19-,20-,21-,22-,23-,24-,25+,26+,27+,28+,29+,30+,31+,32+,33+,34+,35+,36+,37+,38+,39+,40+,41?,42+,43-,44-,45-,46+,47-,48-/m1/s1. The molecule has 40 atom stereocenters. The lowest BCUT2D eigenvalue weighted by molar-refractivity contribution is -0.404. The van der Waals surface area contributed by atoms with Gasteiger partial charge in [0, 0.05) is 0 Å². The molecule has 41 nitrogen and oxygen atoms in total. The summed E-state index contributed by atoms with van der Waals surface area (Å²) in [7, 11) is 0. The van der Waals surface area contributed by atoms with Crippen LogP contribution in [0.1, 0.15) is 0 Å². The molecule has 0 aromatic heterocycles. The van der Waals surface area contributed by atoms with Crippen LogP contribution in [0.5, 0.6) is 0 Å². The van der Waals surface area contributed by atoms with E-state index >= 15 is 0 Å². The van der Waals surface area contributed by atoms with Gasteiger partial charge in [0.05, 0.1) is 52.9 Å². The fourth-order valence-corrected chi connectivity index (χ4v) is 11.2. The summed E-state index contributed by atoms with van der Waals surface area (Å²) in [6, 6.07) is 0. The second-order valence-corrected chi connectivity index (χ2v) is 22.5. The van der Waals surface area contributed by atoms with Gasteiger partial charge in [-0.05, 0) is 0 Å². The highest BCUT2D eigenvalue weighted by molar-refractivity contribution is 5.01. The molecule has 0 spiro atoms. The molecule has 8 aliphatic heterocycles. The van der Waals surface area contributed by atoms with Crippen molar-refractivity contribution < 1.29 is 204 Å². The molecule has 0 saturated carbocycles. The number of hydrogen-bond donors (Lipinski definition) is 26. The Labute approximate surface area is 501 Å². The molecule has 0 bridgehead atoms. The van der Waals surface area contributed by atoms with Crippen molar-refractivity contribution in [2.45, 2.75) is 246 Å². The van der Waals surface area contributed by atoms with Gasteiger partial charge in [-0.15, -0.1) is 0 Å². The maximum atomic E-state index is 11.8. The predicted octanol–water partition coefficient (Wildman–Crippen LogP) is -18.5. The van der Waals surface area contributed by atoms with Crippen LogP contribution in [-0.4, -0.2) is 431 Å². The summed E-state index contributed by atoms with van der Waals surface area (Å²) in [4.78, 5) is 0. The minimum absolute atomic E-state index is 0.927. The van der Waals surface area contributed by atoms with Gasteiger partial charge in [0.25, 0.3) is 0 Å². The van der Waals surface area contributed by atoms with Gasteiger partial charge < -0.3 is 204 Å².